The largest absolute Gasteiger partial charge is 0.342 e. The van der Waals surface area contributed by atoms with Gasteiger partial charge in [-0.2, -0.15) is 0 Å². The fourth-order valence-corrected chi connectivity index (χ4v) is 4.80. The van der Waals surface area contributed by atoms with Gasteiger partial charge in [-0.1, -0.05) is 30.3 Å². The highest BCUT2D eigenvalue weighted by atomic mass is 32.2. The molecule has 1 saturated heterocycles. The topological polar surface area (TPSA) is 78.5 Å². The maximum Gasteiger partial charge on any atom is 0.238 e. The van der Waals surface area contributed by atoms with Crippen molar-refractivity contribution in [2.45, 2.75) is 29.4 Å². The Morgan fingerprint density at radius 1 is 1.10 bits per heavy atom. The number of nitrogens with zero attached hydrogens (tertiary/aromatic N) is 1. The number of likely N-dealkylation sites (tertiary alicyclic amines) is 1. The fraction of sp³-hybridized carbons (Fsp3) is 0.318. The summed E-state index contributed by atoms with van der Waals surface area (Å²) < 4.78 is 0. The van der Waals surface area contributed by atoms with Crippen LogP contribution in [0.25, 0.3) is 0 Å². The van der Waals surface area contributed by atoms with Gasteiger partial charge in [0.05, 0.1) is 16.9 Å². The van der Waals surface area contributed by atoms with Gasteiger partial charge in [-0.15, -0.1) is 11.8 Å². The summed E-state index contributed by atoms with van der Waals surface area (Å²) in [4.78, 5) is 40.5. The number of carbonyl (C=O) groups excluding carboxylic acids is 3. The van der Waals surface area contributed by atoms with Gasteiger partial charge in [0.15, 0.2) is 0 Å². The van der Waals surface area contributed by atoms with Gasteiger partial charge in [-0.3, -0.25) is 14.4 Å². The molecule has 1 fully saturated rings. The molecule has 0 bridgehead atoms. The summed E-state index contributed by atoms with van der Waals surface area (Å²) in [5.41, 5.74) is 1.55. The highest BCUT2D eigenvalue weighted by Gasteiger charge is 2.33. The number of amides is 3. The van der Waals surface area contributed by atoms with Gasteiger partial charge in [0, 0.05) is 30.1 Å². The monoisotopic (exact) mass is 409 g/mol. The average molecular weight is 410 g/mol. The van der Waals surface area contributed by atoms with Crippen LogP contribution >= 0.6 is 11.8 Å². The number of anilines is 2. The van der Waals surface area contributed by atoms with Crippen molar-refractivity contribution < 1.29 is 14.4 Å². The van der Waals surface area contributed by atoms with Crippen molar-refractivity contribution in [3.05, 3.63) is 54.6 Å². The molecule has 150 valence electrons. The van der Waals surface area contributed by atoms with Crippen molar-refractivity contribution in [2.24, 2.45) is 5.92 Å². The zero-order valence-corrected chi connectivity index (χ0v) is 16.8. The summed E-state index contributed by atoms with van der Waals surface area (Å²) in [6.07, 6.45) is 1.68. The number of hydrogen-bond acceptors (Lipinski definition) is 4. The average Bonchev–Trinajstić information content (AvgIpc) is 2.75. The van der Waals surface area contributed by atoms with Crippen molar-refractivity contribution in [1.29, 1.82) is 0 Å². The Balaban J connectivity index is 1.35. The number of rotatable bonds is 4. The molecular weight excluding hydrogens is 386 g/mol. The summed E-state index contributed by atoms with van der Waals surface area (Å²) in [7, 11) is 0. The van der Waals surface area contributed by atoms with Gasteiger partial charge < -0.3 is 15.5 Å². The Labute approximate surface area is 174 Å². The third-order valence-electron chi connectivity index (χ3n) is 5.25. The molecule has 0 radical (unpaired) electrons. The van der Waals surface area contributed by atoms with E-state index in [4.69, 9.17) is 0 Å². The summed E-state index contributed by atoms with van der Waals surface area (Å²) in [6.45, 7) is 1.02. The molecule has 6 nitrogen and oxygen atoms in total. The van der Waals surface area contributed by atoms with E-state index in [1.165, 1.54) is 11.8 Å². The van der Waals surface area contributed by atoms with E-state index in [0.29, 0.717) is 13.1 Å². The van der Waals surface area contributed by atoms with Crippen LogP contribution in [-0.4, -0.2) is 41.0 Å². The van der Waals surface area contributed by atoms with Crippen molar-refractivity contribution >= 4 is 40.9 Å². The molecule has 0 unspecified atom stereocenters. The quantitative estimate of drug-likeness (QED) is 0.812. The molecule has 4 rings (SSSR count). The van der Waals surface area contributed by atoms with Crippen LogP contribution in [0, 0.1) is 5.92 Å². The molecule has 2 aliphatic heterocycles. The molecule has 2 aromatic rings. The third-order valence-corrected chi connectivity index (χ3v) is 6.53. The zero-order chi connectivity index (χ0) is 20.2. The molecule has 3 amide bonds. The number of carbonyl (C=O) groups is 3. The van der Waals surface area contributed by atoms with Gasteiger partial charge in [-0.05, 0) is 37.1 Å². The van der Waals surface area contributed by atoms with E-state index in [2.05, 4.69) is 10.6 Å². The predicted molar refractivity (Wildman–Crippen MR) is 114 cm³/mol. The summed E-state index contributed by atoms with van der Waals surface area (Å²) in [6, 6.07) is 16.9. The Kier molecular flexibility index (Phi) is 5.85. The van der Waals surface area contributed by atoms with E-state index in [-0.39, 0.29) is 30.1 Å². The van der Waals surface area contributed by atoms with Crippen LogP contribution in [-0.2, 0) is 14.4 Å². The Bertz CT molecular complexity index is 919. The SMILES string of the molecule is O=C(Nc1ccccc1)[C@@H]1CCCN(C(=O)C[C@@H]2Sc3ccccc3NC2=O)C1. The minimum Gasteiger partial charge on any atom is -0.342 e. The van der Waals surface area contributed by atoms with Crippen LogP contribution in [0.15, 0.2) is 59.5 Å². The molecule has 0 saturated carbocycles. The second-order valence-electron chi connectivity index (χ2n) is 7.33. The third kappa shape index (κ3) is 4.62. The first-order chi connectivity index (χ1) is 14.1. The lowest BCUT2D eigenvalue weighted by Gasteiger charge is -2.33. The van der Waals surface area contributed by atoms with Gasteiger partial charge in [0.2, 0.25) is 17.7 Å². The lowest BCUT2D eigenvalue weighted by Crippen LogP contribution is -2.45. The van der Waals surface area contributed by atoms with Crippen LogP contribution in [0.3, 0.4) is 0 Å². The molecule has 2 aliphatic rings. The number of thioether (sulfide) groups is 1. The Hall–Kier alpha value is -2.80. The predicted octanol–water partition coefficient (Wildman–Crippen LogP) is 3.37. The van der Waals surface area contributed by atoms with Crippen LogP contribution < -0.4 is 10.6 Å². The Morgan fingerprint density at radius 3 is 2.69 bits per heavy atom. The second-order valence-corrected chi connectivity index (χ2v) is 8.57. The van der Waals surface area contributed by atoms with Crippen LogP contribution in [0.5, 0.6) is 0 Å². The van der Waals surface area contributed by atoms with E-state index >= 15 is 0 Å². The van der Waals surface area contributed by atoms with E-state index < -0.39 is 5.25 Å². The van der Waals surface area contributed by atoms with E-state index in [9.17, 15) is 14.4 Å². The summed E-state index contributed by atoms with van der Waals surface area (Å²) in [5.74, 6) is -0.513. The molecule has 2 atom stereocenters. The molecule has 2 aromatic carbocycles. The number of nitrogens with one attached hydrogen (secondary N) is 2. The van der Waals surface area contributed by atoms with Gasteiger partial charge in [0.25, 0.3) is 0 Å². The van der Waals surface area contributed by atoms with E-state index in [1.54, 1.807) is 4.90 Å². The number of para-hydroxylation sites is 2. The van der Waals surface area contributed by atoms with Crippen LogP contribution in [0.4, 0.5) is 11.4 Å². The minimum atomic E-state index is -0.448. The molecule has 0 spiro atoms. The maximum atomic E-state index is 12.9. The molecule has 2 heterocycles. The Morgan fingerprint density at radius 2 is 1.86 bits per heavy atom. The first-order valence-electron chi connectivity index (χ1n) is 9.80. The standard InChI is InChI=1S/C22H23N3O3S/c26-20(13-19-22(28)24-17-10-4-5-11-18(17)29-19)25-12-6-7-15(14-25)21(27)23-16-8-2-1-3-9-16/h1-5,8-11,15,19H,6-7,12-14H2,(H,23,27)(H,24,28)/t15-,19+/m1/s1. The van der Waals surface area contributed by atoms with Crippen molar-refractivity contribution in [3.63, 3.8) is 0 Å². The number of fused-ring (bicyclic) bond motifs is 1. The zero-order valence-electron chi connectivity index (χ0n) is 16.0. The second kappa shape index (κ2) is 8.69. The molecule has 7 heteroatoms. The minimum absolute atomic E-state index is 0.0626. The van der Waals surface area contributed by atoms with Crippen molar-refractivity contribution in [1.82, 2.24) is 4.90 Å². The smallest absolute Gasteiger partial charge is 0.238 e. The van der Waals surface area contributed by atoms with E-state index in [1.807, 2.05) is 54.6 Å². The van der Waals surface area contributed by atoms with Gasteiger partial charge in [0.1, 0.15) is 0 Å². The number of hydrogen-bond donors (Lipinski definition) is 2. The lowest BCUT2D eigenvalue weighted by atomic mass is 9.96. The van der Waals surface area contributed by atoms with Gasteiger partial charge in [-0.25, -0.2) is 0 Å². The molecule has 0 aromatic heterocycles. The first kappa shape index (κ1) is 19.5. The van der Waals surface area contributed by atoms with Crippen molar-refractivity contribution in [3.8, 4) is 0 Å². The fourth-order valence-electron chi connectivity index (χ4n) is 3.70. The highest BCUT2D eigenvalue weighted by Crippen LogP contribution is 2.37. The summed E-state index contributed by atoms with van der Waals surface area (Å²) in [5, 5.41) is 5.36. The molecular formula is C22H23N3O3S. The maximum absolute atomic E-state index is 12.9. The number of benzene rings is 2. The normalized spacial score (nSPS) is 21.1. The first-order valence-corrected chi connectivity index (χ1v) is 10.7. The van der Waals surface area contributed by atoms with Crippen LogP contribution in [0.2, 0.25) is 0 Å². The highest BCUT2D eigenvalue weighted by molar-refractivity contribution is 8.01. The van der Waals surface area contributed by atoms with E-state index in [0.717, 1.165) is 29.1 Å². The summed E-state index contributed by atoms with van der Waals surface area (Å²) >= 11 is 1.43. The molecule has 29 heavy (non-hydrogen) atoms. The van der Waals surface area contributed by atoms with Crippen molar-refractivity contribution in [2.75, 3.05) is 23.7 Å². The van der Waals surface area contributed by atoms with Gasteiger partial charge >= 0.3 is 0 Å². The molecule has 2 N–H and O–H groups in total. The van der Waals surface area contributed by atoms with Crippen LogP contribution in [0.1, 0.15) is 19.3 Å². The lowest BCUT2D eigenvalue weighted by molar-refractivity contribution is -0.135. The number of piperidine rings is 1. The molecule has 0 aliphatic carbocycles.